The van der Waals surface area contributed by atoms with Gasteiger partial charge >= 0.3 is 0 Å². The lowest BCUT2D eigenvalue weighted by molar-refractivity contribution is -0.131. The van der Waals surface area contributed by atoms with Gasteiger partial charge in [-0.3, -0.25) is 4.79 Å². The van der Waals surface area contributed by atoms with Gasteiger partial charge in [-0.15, -0.1) is 0 Å². The normalized spacial score (nSPS) is 16.8. The number of anilines is 1. The summed E-state index contributed by atoms with van der Waals surface area (Å²) in [5.41, 5.74) is 1.33. The van der Waals surface area contributed by atoms with Gasteiger partial charge in [0, 0.05) is 26.2 Å². The Kier molecular flexibility index (Phi) is 6.01. The van der Waals surface area contributed by atoms with E-state index in [9.17, 15) is 9.18 Å². The quantitative estimate of drug-likeness (QED) is 0.846. The van der Waals surface area contributed by atoms with Gasteiger partial charge in [0.1, 0.15) is 11.6 Å². The minimum Gasteiger partial charge on any atom is -0.373 e. The first-order valence-corrected chi connectivity index (χ1v) is 9.21. The van der Waals surface area contributed by atoms with Gasteiger partial charge < -0.3 is 15.1 Å². The minimum atomic E-state index is -0.344. The summed E-state index contributed by atoms with van der Waals surface area (Å²) in [5, 5.41) is 3.07. The summed E-state index contributed by atoms with van der Waals surface area (Å²) in [6.07, 6.45) is 1.76. The first kappa shape index (κ1) is 19.2. The summed E-state index contributed by atoms with van der Waals surface area (Å²) in [5.74, 6) is 0.960. The van der Waals surface area contributed by atoms with Crippen LogP contribution in [-0.2, 0) is 17.8 Å². The predicted molar refractivity (Wildman–Crippen MR) is 103 cm³/mol. The summed E-state index contributed by atoms with van der Waals surface area (Å²) in [6.45, 7) is 1.34. The molecule has 0 spiro atoms. The van der Waals surface area contributed by atoms with Crippen LogP contribution in [0.1, 0.15) is 36.0 Å². The van der Waals surface area contributed by atoms with Crippen molar-refractivity contribution in [3.8, 4) is 0 Å². The number of nitrogens with one attached hydrogen (secondary N) is 1. The zero-order valence-corrected chi connectivity index (χ0v) is 16.1. The third-order valence-corrected chi connectivity index (χ3v) is 4.70. The average molecular weight is 371 g/mol. The summed E-state index contributed by atoms with van der Waals surface area (Å²) >= 11 is 0. The van der Waals surface area contributed by atoms with E-state index < -0.39 is 0 Å². The molecule has 1 N–H and O–H groups in total. The fourth-order valence-corrected chi connectivity index (χ4v) is 3.44. The molecule has 27 heavy (non-hydrogen) atoms. The van der Waals surface area contributed by atoms with Gasteiger partial charge in [-0.05, 0) is 38.6 Å². The molecule has 2 aromatic rings. The predicted octanol–water partition coefficient (Wildman–Crippen LogP) is 2.63. The smallest absolute Gasteiger partial charge is 0.227 e. The number of hydrogen-bond acceptors (Lipinski definition) is 5. The van der Waals surface area contributed by atoms with Crippen molar-refractivity contribution in [2.45, 2.75) is 31.8 Å². The van der Waals surface area contributed by atoms with Gasteiger partial charge in [0.15, 0.2) is 5.82 Å². The Balaban J connectivity index is 1.83. The van der Waals surface area contributed by atoms with E-state index in [-0.39, 0.29) is 24.2 Å². The zero-order chi connectivity index (χ0) is 19.4. The van der Waals surface area contributed by atoms with E-state index in [1.54, 1.807) is 23.1 Å². The van der Waals surface area contributed by atoms with E-state index in [2.05, 4.69) is 10.3 Å². The molecule has 0 aliphatic carbocycles. The highest BCUT2D eigenvalue weighted by Crippen LogP contribution is 2.31. The van der Waals surface area contributed by atoms with Gasteiger partial charge in [0.05, 0.1) is 18.2 Å². The Hall–Kier alpha value is -2.54. The third kappa shape index (κ3) is 4.60. The fraction of sp³-hybridized carbons (Fsp3) is 0.450. The number of rotatable bonds is 6. The molecule has 0 radical (unpaired) electrons. The highest BCUT2D eigenvalue weighted by molar-refractivity contribution is 5.79. The summed E-state index contributed by atoms with van der Waals surface area (Å²) in [4.78, 5) is 26.0. The molecule has 144 valence electrons. The Morgan fingerprint density at radius 3 is 2.81 bits per heavy atom. The van der Waals surface area contributed by atoms with Crippen molar-refractivity contribution in [2.24, 2.45) is 0 Å². The van der Waals surface area contributed by atoms with E-state index >= 15 is 0 Å². The SMILES string of the molecule is CNc1cc(CN(C)C)nc(C2CCCN2C(=O)Cc2ccccc2F)n1. The molecule has 1 aliphatic rings. The molecule has 1 saturated heterocycles. The molecule has 7 heteroatoms. The molecule has 1 amide bonds. The van der Waals surface area contributed by atoms with E-state index in [1.807, 2.05) is 32.1 Å². The maximum atomic E-state index is 13.9. The maximum absolute atomic E-state index is 13.9. The lowest BCUT2D eigenvalue weighted by atomic mass is 10.1. The van der Waals surface area contributed by atoms with Crippen LogP contribution in [0.3, 0.4) is 0 Å². The second-order valence-electron chi connectivity index (χ2n) is 7.10. The zero-order valence-electron chi connectivity index (χ0n) is 16.1. The fourth-order valence-electron chi connectivity index (χ4n) is 3.44. The molecule has 1 atom stereocenters. The second-order valence-corrected chi connectivity index (χ2v) is 7.10. The van der Waals surface area contributed by atoms with E-state index in [4.69, 9.17) is 4.98 Å². The molecule has 1 fully saturated rings. The van der Waals surface area contributed by atoms with E-state index in [0.717, 1.165) is 24.4 Å². The van der Waals surface area contributed by atoms with Crippen LogP contribution in [0.4, 0.5) is 10.2 Å². The van der Waals surface area contributed by atoms with Gasteiger partial charge in [0.25, 0.3) is 0 Å². The molecule has 3 rings (SSSR count). The molecule has 1 aromatic heterocycles. The van der Waals surface area contributed by atoms with Crippen LogP contribution in [0.2, 0.25) is 0 Å². The molecular weight excluding hydrogens is 345 g/mol. The Bertz CT molecular complexity index is 811. The molecule has 2 heterocycles. The highest BCUT2D eigenvalue weighted by atomic mass is 19.1. The monoisotopic (exact) mass is 371 g/mol. The van der Waals surface area contributed by atoms with Crippen LogP contribution in [0.5, 0.6) is 0 Å². The maximum Gasteiger partial charge on any atom is 0.227 e. The van der Waals surface area contributed by atoms with Crippen molar-refractivity contribution in [3.05, 3.63) is 53.2 Å². The van der Waals surface area contributed by atoms with Crippen LogP contribution in [-0.4, -0.2) is 53.4 Å². The number of carbonyl (C=O) groups excluding carboxylic acids is 1. The number of carbonyl (C=O) groups is 1. The minimum absolute atomic E-state index is 0.0550. The van der Waals surface area contributed by atoms with Gasteiger partial charge in [0.2, 0.25) is 5.91 Å². The molecule has 1 aliphatic heterocycles. The van der Waals surface area contributed by atoms with Crippen molar-refractivity contribution in [2.75, 3.05) is 33.0 Å². The molecular formula is C20H26FN5O. The van der Waals surface area contributed by atoms with Crippen molar-refractivity contribution in [1.29, 1.82) is 0 Å². The van der Waals surface area contributed by atoms with E-state index in [1.165, 1.54) is 6.07 Å². The molecule has 6 nitrogen and oxygen atoms in total. The van der Waals surface area contributed by atoms with Crippen LogP contribution >= 0.6 is 0 Å². The first-order valence-electron chi connectivity index (χ1n) is 9.21. The topological polar surface area (TPSA) is 61.4 Å². The van der Waals surface area contributed by atoms with Crippen LogP contribution in [0.25, 0.3) is 0 Å². The lowest BCUT2D eigenvalue weighted by Crippen LogP contribution is -2.33. The molecule has 0 bridgehead atoms. The second kappa shape index (κ2) is 8.43. The van der Waals surface area contributed by atoms with Crippen LogP contribution in [0.15, 0.2) is 30.3 Å². The van der Waals surface area contributed by atoms with Gasteiger partial charge in [-0.2, -0.15) is 0 Å². The summed E-state index contributed by atoms with van der Waals surface area (Å²) in [7, 11) is 5.79. The Labute approximate surface area is 159 Å². The summed E-state index contributed by atoms with van der Waals surface area (Å²) < 4.78 is 13.9. The van der Waals surface area contributed by atoms with Gasteiger partial charge in [-0.1, -0.05) is 18.2 Å². The lowest BCUT2D eigenvalue weighted by Gasteiger charge is -2.25. The molecule has 0 saturated carbocycles. The van der Waals surface area contributed by atoms with Crippen LogP contribution in [0, 0.1) is 5.82 Å². The van der Waals surface area contributed by atoms with Crippen LogP contribution < -0.4 is 5.32 Å². The first-order chi connectivity index (χ1) is 13.0. The number of halogens is 1. The van der Waals surface area contributed by atoms with Crippen molar-refractivity contribution < 1.29 is 9.18 Å². The number of benzene rings is 1. The third-order valence-electron chi connectivity index (χ3n) is 4.70. The Morgan fingerprint density at radius 2 is 2.11 bits per heavy atom. The Morgan fingerprint density at radius 1 is 1.33 bits per heavy atom. The number of amides is 1. The van der Waals surface area contributed by atoms with Gasteiger partial charge in [-0.25, -0.2) is 14.4 Å². The van der Waals surface area contributed by atoms with Crippen molar-refractivity contribution >= 4 is 11.7 Å². The van der Waals surface area contributed by atoms with Crippen molar-refractivity contribution in [3.63, 3.8) is 0 Å². The molecule has 1 unspecified atom stereocenters. The number of hydrogen-bond donors (Lipinski definition) is 1. The number of aromatic nitrogens is 2. The van der Waals surface area contributed by atoms with Crippen molar-refractivity contribution in [1.82, 2.24) is 19.8 Å². The number of nitrogens with zero attached hydrogens (tertiary/aromatic N) is 4. The van der Waals surface area contributed by atoms with E-state index in [0.29, 0.717) is 24.5 Å². The molecule has 1 aromatic carbocycles. The summed E-state index contributed by atoms with van der Waals surface area (Å²) in [6, 6.07) is 8.18. The number of likely N-dealkylation sites (tertiary alicyclic amines) is 1. The largest absolute Gasteiger partial charge is 0.373 e. The average Bonchev–Trinajstić information content (AvgIpc) is 3.12. The standard InChI is InChI=1S/C20H26FN5O/c1-22-18-12-15(13-25(2)3)23-20(24-18)17-9-6-10-26(17)19(27)11-14-7-4-5-8-16(14)21/h4-5,7-8,12,17H,6,9-11,13H2,1-3H3,(H,22,23,24). The highest BCUT2D eigenvalue weighted by Gasteiger charge is 2.32.